The maximum atomic E-state index is 5.88. The summed E-state index contributed by atoms with van der Waals surface area (Å²) in [6.07, 6.45) is 1.99. The first-order valence-electron chi connectivity index (χ1n) is 13.0. The van der Waals surface area contributed by atoms with Crippen LogP contribution in [0.4, 0.5) is 0 Å². The second-order valence-corrected chi connectivity index (χ2v) is 10.6. The Morgan fingerprint density at radius 3 is 2.55 bits per heavy atom. The Hall–Kier alpha value is -3.53. The summed E-state index contributed by atoms with van der Waals surface area (Å²) in [5.74, 6) is 10.7. The van der Waals surface area contributed by atoms with Gasteiger partial charge in [0.25, 0.3) is 0 Å². The minimum Gasteiger partial charge on any atom is -0.493 e. The van der Waals surface area contributed by atoms with Crippen LogP contribution in [0.25, 0.3) is 11.5 Å². The van der Waals surface area contributed by atoms with Crippen LogP contribution in [0.2, 0.25) is 0 Å². The van der Waals surface area contributed by atoms with Crippen LogP contribution in [0.1, 0.15) is 29.0 Å². The molecule has 0 bridgehead atoms. The largest absolute Gasteiger partial charge is 0.493 e. The summed E-state index contributed by atoms with van der Waals surface area (Å²) in [7, 11) is 4.21. The minimum absolute atomic E-state index is 0.303. The molecule has 0 N–H and O–H groups in total. The Bertz CT molecular complexity index is 1320. The summed E-state index contributed by atoms with van der Waals surface area (Å²) in [6, 6.07) is 26.7. The van der Waals surface area contributed by atoms with Gasteiger partial charge in [0.15, 0.2) is 0 Å². The van der Waals surface area contributed by atoms with Gasteiger partial charge >= 0.3 is 0 Å². The number of benzene rings is 3. The van der Waals surface area contributed by atoms with E-state index in [0.717, 1.165) is 42.0 Å². The number of hydrogen-bond acceptors (Lipinski definition) is 6. The lowest BCUT2D eigenvalue weighted by molar-refractivity contribution is 0.343. The van der Waals surface area contributed by atoms with Crippen molar-refractivity contribution in [2.24, 2.45) is 5.92 Å². The van der Waals surface area contributed by atoms with Crippen molar-refractivity contribution in [1.82, 2.24) is 15.1 Å². The standard InChI is InChI=1S/C32H35N3O2S/c1-25-8-7-11-30(22-25)36-20-21-38-24-31-33-34-32(37-31)29-16-14-26(15-17-29)12-13-28(18-19-35(2)3)23-27-9-5-4-6-10-27/h4-11,14-17,22,28H,18-21,23-24H2,1-3H3. The van der Waals surface area contributed by atoms with E-state index in [4.69, 9.17) is 9.15 Å². The van der Waals surface area contributed by atoms with Crippen LogP contribution in [0.5, 0.6) is 5.75 Å². The van der Waals surface area contributed by atoms with Gasteiger partial charge in [-0.3, -0.25) is 0 Å². The van der Waals surface area contributed by atoms with E-state index in [-0.39, 0.29) is 0 Å². The fourth-order valence-corrected chi connectivity index (χ4v) is 4.57. The Kier molecular flexibility index (Phi) is 10.4. The lowest BCUT2D eigenvalue weighted by atomic mass is 9.96. The predicted molar refractivity (Wildman–Crippen MR) is 156 cm³/mol. The third-order valence-corrected chi connectivity index (χ3v) is 6.89. The van der Waals surface area contributed by atoms with Gasteiger partial charge in [-0.05, 0) is 87.9 Å². The summed E-state index contributed by atoms with van der Waals surface area (Å²) < 4.78 is 11.7. The number of ether oxygens (including phenoxy) is 1. The fraction of sp³-hybridized carbons (Fsp3) is 0.312. The Morgan fingerprint density at radius 2 is 1.79 bits per heavy atom. The topological polar surface area (TPSA) is 51.4 Å². The van der Waals surface area contributed by atoms with E-state index < -0.39 is 0 Å². The highest BCUT2D eigenvalue weighted by Crippen LogP contribution is 2.21. The molecule has 38 heavy (non-hydrogen) atoms. The monoisotopic (exact) mass is 525 g/mol. The molecule has 0 spiro atoms. The molecule has 0 amide bonds. The number of aryl methyl sites for hydroxylation is 1. The van der Waals surface area contributed by atoms with Crippen molar-refractivity contribution in [3.05, 3.63) is 101 Å². The normalized spacial score (nSPS) is 11.7. The molecule has 4 aromatic rings. The second-order valence-electron chi connectivity index (χ2n) is 9.54. The first-order valence-corrected chi connectivity index (χ1v) is 14.1. The van der Waals surface area contributed by atoms with Crippen LogP contribution < -0.4 is 4.74 Å². The quantitative estimate of drug-likeness (QED) is 0.155. The third-order valence-electron chi connectivity index (χ3n) is 5.98. The molecule has 0 saturated carbocycles. The summed E-state index contributed by atoms with van der Waals surface area (Å²) in [6.45, 7) is 3.72. The van der Waals surface area contributed by atoms with E-state index in [1.54, 1.807) is 11.8 Å². The van der Waals surface area contributed by atoms with Crippen molar-refractivity contribution in [1.29, 1.82) is 0 Å². The summed E-state index contributed by atoms with van der Waals surface area (Å²) in [5, 5.41) is 8.44. The highest BCUT2D eigenvalue weighted by Gasteiger charge is 2.10. The maximum Gasteiger partial charge on any atom is 0.247 e. The van der Waals surface area contributed by atoms with E-state index in [9.17, 15) is 0 Å². The summed E-state index contributed by atoms with van der Waals surface area (Å²) in [5.41, 5.74) is 4.40. The number of nitrogens with zero attached hydrogens (tertiary/aromatic N) is 3. The molecular weight excluding hydrogens is 490 g/mol. The van der Waals surface area contributed by atoms with Crippen LogP contribution >= 0.6 is 11.8 Å². The van der Waals surface area contributed by atoms with Gasteiger partial charge in [0.1, 0.15) is 5.75 Å². The van der Waals surface area contributed by atoms with E-state index in [2.05, 4.69) is 84.4 Å². The first kappa shape index (κ1) is 27.5. The van der Waals surface area contributed by atoms with Gasteiger partial charge in [0.05, 0.1) is 12.4 Å². The Labute approximate surface area is 230 Å². The zero-order valence-corrected chi connectivity index (χ0v) is 23.2. The molecule has 3 aromatic carbocycles. The lowest BCUT2D eigenvalue weighted by Gasteiger charge is -2.14. The molecule has 0 aliphatic carbocycles. The average Bonchev–Trinajstić information content (AvgIpc) is 3.40. The van der Waals surface area contributed by atoms with Gasteiger partial charge in [-0.1, -0.05) is 54.3 Å². The number of hydrogen-bond donors (Lipinski definition) is 0. The van der Waals surface area contributed by atoms with E-state index >= 15 is 0 Å². The summed E-state index contributed by atoms with van der Waals surface area (Å²) in [4.78, 5) is 2.21. The second kappa shape index (κ2) is 14.4. The van der Waals surface area contributed by atoms with Gasteiger partial charge in [-0.15, -0.1) is 22.0 Å². The molecule has 0 aliphatic heterocycles. The lowest BCUT2D eigenvalue weighted by Crippen LogP contribution is -2.17. The van der Waals surface area contributed by atoms with Crippen LogP contribution in [-0.4, -0.2) is 48.1 Å². The van der Waals surface area contributed by atoms with Crippen molar-refractivity contribution in [3.8, 4) is 29.0 Å². The van der Waals surface area contributed by atoms with Crippen LogP contribution in [-0.2, 0) is 12.2 Å². The highest BCUT2D eigenvalue weighted by atomic mass is 32.2. The molecule has 5 nitrogen and oxygen atoms in total. The van der Waals surface area contributed by atoms with Gasteiger partial charge in [-0.2, -0.15) is 0 Å². The Morgan fingerprint density at radius 1 is 0.974 bits per heavy atom. The molecule has 196 valence electrons. The number of rotatable bonds is 12. The molecule has 0 aliphatic rings. The minimum atomic E-state index is 0.303. The molecule has 0 saturated heterocycles. The highest BCUT2D eigenvalue weighted by molar-refractivity contribution is 7.98. The van der Waals surface area contributed by atoms with Crippen LogP contribution in [0.15, 0.2) is 83.3 Å². The fourth-order valence-electron chi connectivity index (χ4n) is 3.93. The smallest absolute Gasteiger partial charge is 0.247 e. The molecule has 0 radical (unpaired) electrons. The average molecular weight is 526 g/mol. The SMILES string of the molecule is Cc1cccc(OCCSCc2nnc(-c3ccc(C#CC(CCN(C)C)Cc4ccccc4)cc3)o2)c1. The molecule has 4 rings (SSSR count). The summed E-state index contributed by atoms with van der Waals surface area (Å²) >= 11 is 1.71. The zero-order chi connectivity index (χ0) is 26.6. The van der Waals surface area contributed by atoms with E-state index in [0.29, 0.717) is 30.1 Å². The molecule has 1 unspecified atom stereocenters. The molecular formula is C32H35N3O2S. The zero-order valence-electron chi connectivity index (χ0n) is 22.4. The number of thioether (sulfide) groups is 1. The maximum absolute atomic E-state index is 5.88. The number of aromatic nitrogens is 2. The molecule has 0 fully saturated rings. The van der Waals surface area contributed by atoms with Crippen molar-refractivity contribution in [2.45, 2.75) is 25.5 Å². The molecule has 1 atom stereocenters. The van der Waals surface area contributed by atoms with Crippen LogP contribution in [0.3, 0.4) is 0 Å². The van der Waals surface area contributed by atoms with Crippen LogP contribution in [0, 0.1) is 24.7 Å². The predicted octanol–water partition coefficient (Wildman–Crippen LogP) is 6.52. The van der Waals surface area contributed by atoms with Gasteiger partial charge in [0.2, 0.25) is 11.8 Å². The van der Waals surface area contributed by atoms with Crippen molar-refractivity contribution in [3.63, 3.8) is 0 Å². The van der Waals surface area contributed by atoms with Crippen molar-refractivity contribution < 1.29 is 9.15 Å². The van der Waals surface area contributed by atoms with E-state index in [1.807, 2.05) is 42.5 Å². The van der Waals surface area contributed by atoms with E-state index in [1.165, 1.54) is 11.1 Å². The van der Waals surface area contributed by atoms with Gasteiger partial charge in [-0.25, -0.2) is 0 Å². The van der Waals surface area contributed by atoms with Crippen molar-refractivity contribution >= 4 is 11.8 Å². The molecule has 6 heteroatoms. The van der Waals surface area contributed by atoms with Gasteiger partial charge < -0.3 is 14.1 Å². The molecule has 1 heterocycles. The first-order chi connectivity index (χ1) is 18.5. The van der Waals surface area contributed by atoms with Crippen molar-refractivity contribution in [2.75, 3.05) is 33.0 Å². The third kappa shape index (κ3) is 9.09. The Balaban J connectivity index is 1.28. The molecule has 1 aromatic heterocycles. The van der Waals surface area contributed by atoms with Gasteiger partial charge in [0, 0.05) is 22.8 Å².